The summed E-state index contributed by atoms with van der Waals surface area (Å²) in [5, 5.41) is 0. The second-order valence-corrected chi connectivity index (χ2v) is 17.0. The van der Waals surface area contributed by atoms with E-state index < -0.39 is 13.5 Å². The van der Waals surface area contributed by atoms with E-state index in [4.69, 9.17) is 24.1 Å². The van der Waals surface area contributed by atoms with Crippen LogP contribution >= 0.6 is 19.4 Å². The third kappa shape index (κ3) is 8.53. The Bertz CT molecular complexity index is 1060. The molecule has 4 rings (SSSR count). The van der Waals surface area contributed by atoms with E-state index in [0.29, 0.717) is 12.0 Å². The van der Waals surface area contributed by atoms with Gasteiger partial charge in [-0.25, -0.2) is 0 Å². The maximum Gasteiger partial charge on any atom is 0.00713 e. The molecule has 3 aliphatic rings. The summed E-state index contributed by atoms with van der Waals surface area (Å²) >= 11 is -1.77. The first-order chi connectivity index (χ1) is 17.5. The third-order valence-electron chi connectivity index (χ3n) is 7.28. The van der Waals surface area contributed by atoms with Crippen LogP contribution in [0.1, 0.15) is 73.8 Å². The van der Waals surface area contributed by atoms with Crippen molar-refractivity contribution in [1.82, 2.24) is 9.80 Å². The number of nitrogens with zero attached hydrogens (tertiary/aromatic N) is 2. The van der Waals surface area contributed by atoms with Crippen molar-refractivity contribution in [1.29, 1.82) is 0 Å². The largest absolute Gasteiger partial charge is 0.511 e. The van der Waals surface area contributed by atoms with Crippen LogP contribution in [0, 0.1) is 24.4 Å². The maximum absolute atomic E-state index is 5.82. The van der Waals surface area contributed by atoms with Gasteiger partial charge in [0.05, 0.1) is 0 Å². The van der Waals surface area contributed by atoms with Crippen LogP contribution in [0.3, 0.4) is 0 Å². The Morgan fingerprint density at radius 2 is 1.78 bits per heavy atom. The first kappa shape index (κ1) is 30.6. The minimum Gasteiger partial charge on any atom is -0.511 e. The van der Waals surface area contributed by atoms with Crippen LogP contribution in [0.15, 0.2) is 58.8 Å². The van der Waals surface area contributed by atoms with Crippen molar-refractivity contribution in [2.24, 2.45) is 17.8 Å². The molecule has 0 amide bonds. The second-order valence-electron chi connectivity index (χ2n) is 11.3. The zero-order valence-electron chi connectivity index (χ0n) is 23.7. The number of rotatable bonds is 5. The topological polar surface area (TPSA) is 15.7 Å². The third-order valence-corrected chi connectivity index (χ3v) is 9.11. The molecule has 3 nitrogen and oxygen atoms in total. The molecule has 3 unspecified atom stereocenters. The molecule has 208 valence electrons. The van der Waals surface area contributed by atoms with Gasteiger partial charge in [-0.15, -0.1) is 0 Å². The van der Waals surface area contributed by atoms with Gasteiger partial charge in [-0.3, -0.25) is 0 Å². The van der Waals surface area contributed by atoms with Crippen LogP contribution in [-0.4, -0.2) is 39.6 Å². The number of para-hydroxylation sites is 1. The molecule has 1 aromatic carbocycles. The standard InChI is InChI=1S/C21H33N2.C10H12O.2ClH.Ru/c1-14-9-16(3)20(17(4)10-14)22-7-8-23(13-22)21-18(5)11-15(2)12-19(21)6;1-8(2)11-10-7-5-4-6-9(10)3;;;/h9,11,13-14,17,19-20H,7-8,10,12H2,1-6H3;3-8H,1-2H3;2*1H;/q-1;;;;+2/p-2/t14?,17?,19?,20-;;;;/m0..../s1. The number of hydrogen-bond acceptors (Lipinski definition) is 3. The monoisotopic (exact) mass is 633 g/mol. The van der Waals surface area contributed by atoms with E-state index in [2.05, 4.69) is 70.2 Å². The van der Waals surface area contributed by atoms with Crippen molar-refractivity contribution >= 4 is 24.0 Å². The van der Waals surface area contributed by atoms with Gasteiger partial charge in [0.15, 0.2) is 0 Å². The van der Waals surface area contributed by atoms with Crippen molar-refractivity contribution < 1.29 is 18.3 Å². The van der Waals surface area contributed by atoms with Crippen LogP contribution in [0.2, 0.25) is 0 Å². The summed E-state index contributed by atoms with van der Waals surface area (Å²) in [7, 11) is 11.6. The molecule has 1 aliphatic heterocycles. The van der Waals surface area contributed by atoms with Gasteiger partial charge < -0.3 is 9.80 Å². The van der Waals surface area contributed by atoms with Crippen LogP contribution in [0.4, 0.5) is 0 Å². The predicted molar refractivity (Wildman–Crippen MR) is 158 cm³/mol. The average molecular weight is 634 g/mol. The smallest absolute Gasteiger partial charge is 0.00713 e. The van der Waals surface area contributed by atoms with E-state index in [0.717, 1.165) is 36.2 Å². The molecule has 0 bridgehead atoms. The SMILES string of the molecule is CC(C)Oc1ccccc1[CH]=[Ru]([Cl])[Cl].CC1=CC(C)=C(N2[CH-]N([C@H]3C(C)=CC(C)CC3C)CC2)C(C)C1. The van der Waals surface area contributed by atoms with Gasteiger partial charge in [0.2, 0.25) is 0 Å². The zero-order valence-corrected chi connectivity index (χ0v) is 27.0. The number of hydrogen-bond donors (Lipinski definition) is 0. The Kier molecular flexibility index (Phi) is 11.5. The van der Waals surface area contributed by atoms with Gasteiger partial charge >= 0.3 is 97.8 Å². The Morgan fingerprint density at radius 1 is 1.08 bits per heavy atom. The molecule has 0 aromatic heterocycles. The first-order valence-electron chi connectivity index (χ1n) is 13.5. The average Bonchev–Trinajstić information content (AvgIpc) is 3.22. The van der Waals surface area contributed by atoms with Crippen molar-refractivity contribution in [3.05, 3.63) is 71.1 Å². The molecular weight excluding hydrogens is 588 g/mol. The summed E-state index contributed by atoms with van der Waals surface area (Å²) in [4.78, 5) is 5.13. The molecular formula is C31H45Cl2N2ORu-. The van der Waals surface area contributed by atoms with E-state index in [1.54, 1.807) is 5.57 Å². The molecule has 0 spiro atoms. The fraction of sp³-hybridized carbons (Fsp3) is 0.548. The van der Waals surface area contributed by atoms with Crippen molar-refractivity contribution in [3.63, 3.8) is 0 Å². The molecule has 1 fully saturated rings. The van der Waals surface area contributed by atoms with Crippen molar-refractivity contribution in [2.75, 3.05) is 13.1 Å². The zero-order chi connectivity index (χ0) is 27.3. The van der Waals surface area contributed by atoms with Crippen molar-refractivity contribution in [2.45, 2.75) is 80.4 Å². The normalized spacial score (nSPS) is 26.9. The Hall–Kier alpha value is -0.927. The van der Waals surface area contributed by atoms with Crippen molar-refractivity contribution in [3.8, 4) is 5.75 Å². The molecule has 1 heterocycles. The quantitative estimate of drug-likeness (QED) is 0.184. The molecule has 1 aromatic rings. The Balaban J connectivity index is 0.000000233. The molecule has 4 atom stereocenters. The number of ether oxygens (including phenoxy) is 1. The van der Waals surface area contributed by atoms with Gasteiger partial charge in [0.25, 0.3) is 0 Å². The minimum atomic E-state index is -1.77. The molecule has 0 N–H and O–H groups in total. The van der Waals surface area contributed by atoms with Gasteiger partial charge in [-0.1, -0.05) is 44.1 Å². The number of allylic oxidation sites excluding steroid dienone is 5. The maximum atomic E-state index is 5.82. The summed E-state index contributed by atoms with van der Waals surface area (Å²) in [6.07, 6.45) is 7.54. The van der Waals surface area contributed by atoms with Gasteiger partial charge in [0.1, 0.15) is 0 Å². The van der Waals surface area contributed by atoms with E-state index in [1.165, 1.54) is 29.7 Å². The number of halogens is 2. The summed E-state index contributed by atoms with van der Waals surface area (Å²) in [6, 6.07) is 8.37. The van der Waals surface area contributed by atoms with Gasteiger partial charge in [-0.2, -0.15) is 6.67 Å². The van der Waals surface area contributed by atoms with E-state index in [1.807, 2.05) is 42.7 Å². The fourth-order valence-electron chi connectivity index (χ4n) is 6.27. The second kappa shape index (κ2) is 13.9. The molecule has 0 saturated carbocycles. The van der Waals surface area contributed by atoms with Gasteiger partial charge in [0, 0.05) is 6.04 Å². The summed E-state index contributed by atoms with van der Waals surface area (Å²) in [5.74, 6) is 2.96. The van der Waals surface area contributed by atoms with Crippen LogP contribution in [0.25, 0.3) is 0 Å². The molecule has 1 saturated heterocycles. The predicted octanol–water partition coefficient (Wildman–Crippen LogP) is 8.52. The Labute approximate surface area is 239 Å². The number of benzene rings is 1. The molecule has 37 heavy (non-hydrogen) atoms. The minimum absolute atomic E-state index is 0.163. The summed E-state index contributed by atoms with van der Waals surface area (Å²) in [5.41, 5.74) is 7.06. The first-order valence-corrected chi connectivity index (χ1v) is 19.0. The fourth-order valence-corrected chi connectivity index (χ4v) is 8.08. The molecule has 2 aliphatic carbocycles. The molecule has 0 radical (unpaired) electrons. The van der Waals surface area contributed by atoms with Gasteiger partial charge in [-0.05, 0) is 75.7 Å². The molecule has 6 heteroatoms. The van der Waals surface area contributed by atoms with E-state index >= 15 is 0 Å². The van der Waals surface area contributed by atoms with Crippen LogP contribution in [0.5, 0.6) is 5.75 Å². The summed E-state index contributed by atoms with van der Waals surface area (Å²) in [6.45, 7) is 22.7. The summed E-state index contributed by atoms with van der Waals surface area (Å²) < 4.78 is 7.51. The van der Waals surface area contributed by atoms with E-state index in [-0.39, 0.29) is 6.10 Å². The van der Waals surface area contributed by atoms with Crippen LogP contribution < -0.4 is 4.74 Å². The van der Waals surface area contributed by atoms with E-state index in [9.17, 15) is 0 Å². The van der Waals surface area contributed by atoms with Crippen LogP contribution in [-0.2, 0) is 13.5 Å². The Morgan fingerprint density at radius 3 is 2.41 bits per heavy atom.